The number of rotatable bonds is 5. The Bertz CT molecular complexity index is 947. The maximum atomic E-state index is 6.51. The third-order valence-electron chi connectivity index (χ3n) is 5.71. The van der Waals surface area contributed by atoms with Crippen molar-refractivity contribution in [3.8, 4) is 0 Å². The quantitative estimate of drug-likeness (QED) is 0.647. The second-order valence-electron chi connectivity index (χ2n) is 7.73. The standard InChI is InChI=1S/C24H29N2OPS/c1-25(2)28(29,22-11-7-4-8-12-22)23-14-13-21(19-20-9-5-3-6-10-20)24(23)26-15-17-27-18-16-26/h3-12,19H,13-18H2,1-2H3/b21-19-/t28-/m0/s1. The lowest BCUT2D eigenvalue weighted by Gasteiger charge is -2.36. The molecule has 1 aliphatic carbocycles. The molecule has 0 amide bonds. The van der Waals surface area contributed by atoms with Crippen LogP contribution in [0, 0.1) is 0 Å². The predicted molar refractivity (Wildman–Crippen MR) is 127 cm³/mol. The van der Waals surface area contributed by atoms with Crippen molar-refractivity contribution >= 4 is 29.4 Å². The van der Waals surface area contributed by atoms with Crippen LogP contribution in [0.5, 0.6) is 0 Å². The van der Waals surface area contributed by atoms with Gasteiger partial charge in [-0.1, -0.05) is 72.5 Å². The van der Waals surface area contributed by atoms with Gasteiger partial charge in [-0.05, 0) is 44.1 Å². The van der Waals surface area contributed by atoms with Crippen LogP contribution in [-0.4, -0.2) is 50.0 Å². The summed E-state index contributed by atoms with van der Waals surface area (Å²) in [5.41, 5.74) is 4.06. The fraction of sp³-hybridized carbons (Fsp3) is 0.333. The minimum atomic E-state index is -2.03. The SMILES string of the molecule is CN(C)[P@@](=S)(C1=C(N2CCOCC2)/C(=C\c2ccccc2)CC1)c1ccccc1. The molecule has 0 saturated carbocycles. The summed E-state index contributed by atoms with van der Waals surface area (Å²) < 4.78 is 7.96. The van der Waals surface area contributed by atoms with Crippen molar-refractivity contribution in [2.24, 2.45) is 0 Å². The molecule has 2 aromatic carbocycles. The van der Waals surface area contributed by atoms with Crippen LogP contribution in [0.2, 0.25) is 0 Å². The average molecular weight is 425 g/mol. The Hall–Kier alpha value is -1.71. The zero-order chi connectivity index (χ0) is 20.3. The van der Waals surface area contributed by atoms with Gasteiger partial charge in [0.2, 0.25) is 0 Å². The minimum Gasteiger partial charge on any atom is -0.378 e. The summed E-state index contributed by atoms with van der Waals surface area (Å²) in [7, 11) is 4.30. The van der Waals surface area contributed by atoms with Crippen molar-refractivity contribution < 1.29 is 4.74 Å². The van der Waals surface area contributed by atoms with Crippen molar-refractivity contribution in [2.45, 2.75) is 12.8 Å². The molecule has 0 spiro atoms. The van der Waals surface area contributed by atoms with E-state index in [-0.39, 0.29) is 0 Å². The highest BCUT2D eigenvalue weighted by molar-refractivity contribution is 8.19. The van der Waals surface area contributed by atoms with Crippen LogP contribution < -0.4 is 5.30 Å². The second kappa shape index (κ2) is 8.97. The largest absolute Gasteiger partial charge is 0.378 e. The Balaban J connectivity index is 1.87. The first-order valence-corrected chi connectivity index (χ1v) is 13.0. The topological polar surface area (TPSA) is 15.7 Å². The molecule has 29 heavy (non-hydrogen) atoms. The molecule has 1 aliphatic heterocycles. The molecule has 0 bridgehead atoms. The zero-order valence-corrected chi connectivity index (χ0v) is 19.0. The molecule has 0 unspecified atom stereocenters. The maximum absolute atomic E-state index is 6.51. The fourth-order valence-electron chi connectivity index (χ4n) is 4.29. The van der Waals surface area contributed by atoms with E-state index in [2.05, 4.69) is 90.4 Å². The number of ether oxygens (including phenoxy) is 1. The average Bonchev–Trinajstić information content (AvgIpc) is 3.19. The van der Waals surface area contributed by atoms with Gasteiger partial charge in [0.25, 0.3) is 0 Å². The molecular weight excluding hydrogens is 395 g/mol. The fourth-order valence-corrected chi connectivity index (χ4v) is 8.01. The molecule has 4 rings (SSSR count). The Morgan fingerprint density at radius 3 is 2.17 bits per heavy atom. The van der Waals surface area contributed by atoms with Gasteiger partial charge < -0.3 is 9.64 Å². The van der Waals surface area contributed by atoms with Gasteiger partial charge in [0, 0.05) is 29.4 Å². The first-order valence-electron chi connectivity index (χ1n) is 10.3. The highest BCUT2D eigenvalue weighted by Gasteiger charge is 2.36. The first kappa shape index (κ1) is 20.6. The van der Waals surface area contributed by atoms with E-state index in [1.165, 1.54) is 27.5 Å². The Morgan fingerprint density at radius 1 is 0.931 bits per heavy atom. The molecule has 2 aliphatic rings. The summed E-state index contributed by atoms with van der Waals surface area (Å²) in [4.78, 5) is 2.52. The van der Waals surface area contributed by atoms with Crippen LogP contribution >= 0.6 is 6.19 Å². The van der Waals surface area contributed by atoms with E-state index in [1.807, 2.05) is 0 Å². The summed E-state index contributed by atoms with van der Waals surface area (Å²) in [5.74, 6) is 0. The maximum Gasteiger partial charge on any atom is 0.0686 e. The summed E-state index contributed by atoms with van der Waals surface area (Å²) in [6, 6.07) is 21.4. The van der Waals surface area contributed by atoms with Gasteiger partial charge in [0.05, 0.1) is 19.4 Å². The number of morpholine rings is 1. The van der Waals surface area contributed by atoms with Gasteiger partial charge in [-0.15, -0.1) is 0 Å². The monoisotopic (exact) mass is 424 g/mol. The van der Waals surface area contributed by atoms with E-state index in [4.69, 9.17) is 16.5 Å². The molecule has 0 aromatic heterocycles. The van der Waals surface area contributed by atoms with Gasteiger partial charge in [0.1, 0.15) is 0 Å². The Kier molecular flexibility index (Phi) is 6.36. The van der Waals surface area contributed by atoms with E-state index < -0.39 is 6.19 Å². The van der Waals surface area contributed by atoms with Crippen molar-refractivity contribution in [2.75, 3.05) is 40.4 Å². The number of hydrogen-bond donors (Lipinski definition) is 0. The number of nitrogens with zero attached hydrogens (tertiary/aromatic N) is 2. The molecule has 0 radical (unpaired) electrons. The third kappa shape index (κ3) is 4.13. The molecule has 1 atom stereocenters. The van der Waals surface area contributed by atoms with Crippen LogP contribution in [0.3, 0.4) is 0 Å². The van der Waals surface area contributed by atoms with Crippen LogP contribution in [0.15, 0.2) is 77.2 Å². The van der Waals surface area contributed by atoms with Crippen molar-refractivity contribution in [3.05, 3.63) is 82.8 Å². The van der Waals surface area contributed by atoms with Crippen molar-refractivity contribution in [3.63, 3.8) is 0 Å². The molecule has 152 valence electrons. The number of benzene rings is 2. The van der Waals surface area contributed by atoms with E-state index >= 15 is 0 Å². The summed E-state index contributed by atoms with van der Waals surface area (Å²) in [6.45, 7) is 3.43. The number of allylic oxidation sites excluding steroid dienone is 2. The summed E-state index contributed by atoms with van der Waals surface area (Å²) in [5, 5.41) is 2.73. The molecular formula is C24H29N2OPS. The third-order valence-corrected chi connectivity index (χ3v) is 11.3. The Labute approximate surface area is 179 Å². The van der Waals surface area contributed by atoms with Crippen LogP contribution in [-0.2, 0) is 16.5 Å². The molecule has 1 heterocycles. The van der Waals surface area contributed by atoms with Crippen molar-refractivity contribution in [1.29, 1.82) is 0 Å². The lowest BCUT2D eigenvalue weighted by Crippen LogP contribution is -2.36. The molecule has 2 aromatic rings. The first-order chi connectivity index (χ1) is 14.1. The summed E-state index contributed by atoms with van der Waals surface area (Å²) in [6.07, 6.45) is 2.42. The number of hydrogen-bond acceptors (Lipinski definition) is 3. The highest BCUT2D eigenvalue weighted by atomic mass is 32.4. The molecule has 1 fully saturated rings. The van der Waals surface area contributed by atoms with E-state index in [0.29, 0.717) is 0 Å². The molecule has 5 heteroatoms. The van der Waals surface area contributed by atoms with E-state index in [1.54, 1.807) is 0 Å². The van der Waals surface area contributed by atoms with E-state index in [9.17, 15) is 0 Å². The lowest BCUT2D eigenvalue weighted by molar-refractivity contribution is 0.0548. The van der Waals surface area contributed by atoms with Crippen LogP contribution in [0.1, 0.15) is 18.4 Å². The van der Waals surface area contributed by atoms with Gasteiger partial charge in [-0.2, -0.15) is 0 Å². The predicted octanol–water partition coefficient (Wildman–Crippen LogP) is 4.69. The zero-order valence-electron chi connectivity index (χ0n) is 17.3. The molecule has 1 saturated heterocycles. The normalized spacial score (nSPS) is 21.1. The van der Waals surface area contributed by atoms with Gasteiger partial charge >= 0.3 is 0 Å². The van der Waals surface area contributed by atoms with Crippen LogP contribution in [0.4, 0.5) is 0 Å². The minimum absolute atomic E-state index is 0.783. The van der Waals surface area contributed by atoms with Gasteiger partial charge in [0.15, 0.2) is 0 Å². The van der Waals surface area contributed by atoms with Crippen molar-refractivity contribution in [1.82, 2.24) is 9.57 Å². The second-order valence-corrected chi connectivity index (χ2v) is 12.3. The molecule has 0 N–H and O–H groups in total. The van der Waals surface area contributed by atoms with Crippen LogP contribution in [0.25, 0.3) is 6.08 Å². The Morgan fingerprint density at radius 2 is 1.55 bits per heavy atom. The van der Waals surface area contributed by atoms with Gasteiger partial charge in [-0.25, -0.2) is 0 Å². The lowest BCUT2D eigenvalue weighted by atomic mass is 10.1. The molecule has 3 nitrogen and oxygen atoms in total. The van der Waals surface area contributed by atoms with E-state index in [0.717, 1.165) is 39.1 Å². The smallest absolute Gasteiger partial charge is 0.0686 e. The summed E-state index contributed by atoms with van der Waals surface area (Å²) >= 11 is 6.51. The van der Waals surface area contributed by atoms with Gasteiger partial charge in [-0.3, -0.25) is 4.67 Å². The highest BCUT2D eigenvalue weighted by Crippen LogP contribution is 2.61.